The molecule has 4 amide bonds. The maximum absolute atomic E-state index is 14.1. The second kappa shape index (κ2) is 27.0. The van der Waals surface area contributed by atoms with Gasteiger partial charge < -0.3 is 40.5 Å². The van der Waals surface area contributed by atoms with Crippen LogP contribution in [0.1, 0.15) is 146 Å². The Bertz CT molecular complexity index is 1670. The van der Waals surface area contributed by atoms with Crippen LogP contribution in [0.3, 0.4) is 0 Å². The van der Waals surface area contributed by atoms with Crippen molar-refractivity contribution in [2.45, 2.75) is 164 Å². The van der Waals surface area contributed by atoms with Gasteiger partial charge in [0, 0.05) is 69.6 Å². The molecule has 4 N–H and O–H groups in total. The van der Waals surface area contributed by atoms with E-state index in [2.05, 4.69) is 84.4 Å². The Morgan fingerprint density at radius 3 is 1.97 bits per heavy atom. The first kappa shape index (κ1) is 58.2. The van der Waals surface area contributed by atoms with E-state index < -0.39 is 5.54 Å². The Labute approximate surface area is 392 Å². The Morgan fingerprint density at radius 1 is 0.828 bits per heavy atom. The van der Waals surface area contributed by atoms with Crippen molar-refractivity contribution in [1.82, 2.24) is 25.3 Å². The number of Topliss-reactive ketones (excluding diaryl/α,β-unsaturated/α-hetero) is 1. The van der Waals surface area contributed by atoms with E-state index in [1.54, 1.807) is 36.9 Å². The van der Waals surface area contributed by atoms with Crippen LogP contribution >= 0.6 is 11.8 Å². The Balaban J connectivity index is 3.45. The number of amides is 4. The van der Waals surface area contributed by atoms with E-state index in [1.165, 1.54) is 0 Å². The third-order valence-electron chi connectivity index (χ3n) is 13.4. The molecule has 64 heavy (non-hydrogen) atoms. The Morgan fingerprint density at radius 2 is 1.44 bits per heavy atom. The van der Waals surface area contributed by atoms with Crippen molar-refractivity contribution in [3.05, 3.63) is 36.0 Å². The van der Waals surface area contributed by atoms with Gasteiger partial charge >= 0.3 is 0 Å². The van der Waals surface area contributed by atoms with E-state index in [0.717, 1.165) is 17.8 Å². The first-order valence-electron chi connectivity index (χ1n) is 23.3. The average Bonchev–Trinajstić information content (AvgIpc) is 3.24. The standard InChI is InChI=1S/C50H88N6O7S/c1-17-54(14)45(60)26-29-50(30-27-46(61)55(18-2)38(5)64-16,28-25-36(3)56(37(4)47(6,7)8)35-49(12,13)48(9,10)11)53-43(58)20-19-31-63-41-24-22-39(32-42(41)62-15)21-23-40(57)34-52-44(59)33-51/h22,24,32,37-38H,3,17-21,23,25-31,33-35,51H2,1-2,4-16H3,(H,52,59)(H,53,58). The van der Waals surface area contributed by atoms with Crippen molar-refractivity contribution in [3.8, 4) is 11.5 Å². The molecule has 13 nitrogen and oxygen atoms in total. The van der Waals surface area contributed by atoms with Gasteiger partial charge in [-0.25, -0.2) is 0 Å². The van der Waals surface area contributed by atoms with Crippen LogP contribution in [0.2, 0.25) is 0 Å². The van der Waals surface area contributed by atoms with Gasteiger partial charge in [0.1, 0.15) is 0 Å². The first-order valence-corrected chi connectivity index (χ1v) is 24.6. The number of nitrogens with two attached hydrogens (primary N) is 1. The second-order valence-electron chi connectivity index (χ2n) is 20.1. The van der Waals surface area contributed by atoms with Crippen molar-refractivity contribution >= 4 is 41.2 Å². The van der Waals surface area contributed by atoms with E-state index in [4.69, 9.17) is 15.2 Å². The van der Waals surface area contributed by atoms with E-state index in [-0.39, 0.29) is 102 Å². The molecule has 14 heteroatoms. The van der Waals surface area contributed by atoms with Crippen LogP contribution in [0.25, 0.3) is 0 Å². The van der Waals surface area contributed by atoms with Crippen molar-refractivity contribution in [2.75, 3.05) is 59.7 Å². The highest BCUT2D eigenvalue weighted by Crippen LogP contribution is 2.42. The number of allylic oxidation sites excluding steroid dienone is 1. The SMILES string of the molecule is C=C(CCC(CCC(=O)N(C)CC)(CCC(=O)N(CC)C(C)SC)NC(=O)CCCOc1ccc(CCC(=O)CNC(=O)CN)cc1OC)N(CC(C)(C)C(C)(C)C)C(C)C(C)(C)C. The number of hydrogen-bond donors (Lipinski definition) is 3. The average molecular weight is 917 g/mol. The summed E-state index contributed by atoms with van der Waals surface area (Å²) in [6.07, 6.45) is 5.56. The summed E-state index contributed by atoms with van der Waals surface area (Å²) in [7, 11) is 3.34. The van der Waals surface area contributed by atoms with Crippen LogP contribution in [0.5, 0.6) is 11.5 Å². The molecule has 1 aromatic rings. The number of nitrogens with one attached hydrogen (secondary N) is 2. The fraction of sp³-hybridized carbons (Fsp3) is 0.740. The van der Waals surface area contributed by atoms with Gasteiger partial charge in [-0.05, 0) is 106 Å². The summed E-state index contributed by atoms with van der Waals surface area (Å²) in [5, 5.41) is 5.91. The summed E-state index contributed by atoms with van der Waals surface area (Å²) in [4.78, 5) is 71.1. The molecule has 0 fully saturated rings. The fourth-order valence-electron chi connectivity index (χ4n) is 7.11. The molecule has 3 atom stereocenters. The van der Waals surface area contributed by atoms with Crippen LogP contribution in [0.15, 0.2) is 30.5 Å². The van der Waals surface area contributed by atoms with Gasteiger partial charge in [-0.15, -0.1) is 11.8 Å². The maximum Gasteiger partial charge on any atom is 0.234 e. The quantitative estimate of drug-likeness (QED) is 0.0510. The Kier molecular flexibility index (Phi) is 24.6. The third kappa shape index (κ3) is 19.4. The number of methoxy groups -OCH3 is 1. The number of rotatable bonds is 30. The Hall–Kier alpha value is -3.78. The molecule has 0 heterocycles. The second-order valence-corrected chi connectivity index (χ2v) is 21.2. The van der Waals surface area contributed by atoms with Gasteiger partial charge in [-0.1, -0.05) is 68.0 Å². The number of benzene rings is 1. The number of aryl methyl sites for hydroxylation is 1. The highest BCUT2D eigenvalue weighted by molar-refractivity contribution is 7.99. The number of thioether (sulfide) groups is 1. The molecule has 1 rings (SSSR count). The zero-order valence-electron chi connectivity index (χ0n) is 42.6. The predicted molar refractivity (Wildman–Crippen MR) is 263 cm³/mol. The zero-order chi connectivity index (χ0) is 49.1. The van der Waals surface area contributed by atoms with Crippen molar-refractivity contribution < 1.29 is 33.4 Å². The van der Waals surface area contributed by atoms with Crippen LogP contribution in [0, 0.1) is 16.2 Å². The molecule has 0 aliphatic carbocycles. The molecule has 1 aromatic carbocycles. The molecule has 366 valence electrons. The molecular formula is C50H88N6O7S. The lowest BCUT2D eigenvalue weighted by molar-refractivity contribution is -0.133. The van der Waals surface area contributed by atoms with E-state index in [1.807, 2.05) is 44.1 Å². The molecule has 0 saturated carbocycles. The van der Waals surface area contributed by atoms with E-state index >= 15 is 0 Å². The van der Waals surface area contributed by atoms with Gasteiger partial charge in [0.25, 0.3) is 0 Å². The largest absolute Gasteiger partial charge is 0.493 e. The van der Waals surface area contributed by atoms with Crippen LogP contribution < -0.4 is 25.8 Å². The number of hydrogen-bond acceptors (Lipinski definition) is 10. The molecule has 0 aliphatic rings. The minimum absolute atomic E-state index is 0.000810. The minimum atomic E-state index is -0.866. The molecule has 0 aliphatic heterocycles. The normalized spacial score (nSPS) is 13.8. The molecule has 0 aromatic heterocycles. The molecule has 0 spiro atoms. The smallest absolute Gasteiger partial charge is 0.234 e. The lowest BCUT2D eigenvalue weighted by atomic mass is 9.68. The van der Waals surface area contributed by atoms with E-state index in [0.29, 0.717) is 63.1 Å². The van der Waals surface area contributed by atoms with Gasteiger partial charge in [0.15, 0.2) is 17.3 Å². The molecule has 0 saturated heterocycles. The summed E-state index contributed by atoms with van der Waals surface area (Å²) in [6, 6.07) is 5.64. The van der Waals surface area contributed by atoms with Crippen molar-refractivity contribution in [2.24, 2.45) is 22.0 Å². The lowest BCUT2D eigenvalue weighted by Crippen LogP contribution is -2.51. The summed E-state index contributed by atoms with van der Waals surface area (Å²) >= 11 is 1.62. The lowest BCUT2D eigenvalue weighted by Gasteiger charge is -2.49. The third-order valence-corrected chi connectivity index (χ3v) is 14.3. The summed E-state index contributed by atoms with van der Waals surface area (Å²) in [5.41, 5.74) is 6.22. The number of ketones is 1. The zero-order valence-corrected chi connectivity index (χ0v) is 43.4. The monoisotopic (exact) mass is 917 g/mol. The highest BCUT2D eigenvalue weighted by Gasteiger charge is 2.39. The number of carbonyl (C=O) groups is 5. The summed E-state index contributed by atoms with van der Waals surface area (Å²) < 4.78 is 11.7. The van der Waals surface area contributed by atoms with Crippen LogP contribution in [0.4, 0.5) is 0 Å². The topological polar surface area (TPSA) is 164 Å². The van der Waals surface area contributed by atoms with Gasteiger partial charge in [0.2, 0.25) is 23.6 Å². The van der Waals surface area contributed by atoms with Crippen LogP contribution in [-0.2, 0) is 30.4 Å². The highest BCUT2D eigenvalue weighted by atomic mass is 32.2. The molecule has 0 radical (unpaired) electrons. The van der Waals surface area contributed by atoms with E-state index in [9.17, 15) is 24.0 Å². The van der Waals surface area contributed by atoms with Gasteiger partial charge in [-0.2, -0.15) is 0 Å². The predicted octanol–water partition coefficient (Wildman–Crippen LogP) is 7.98. The molecular weight excluding hydrogens is 829 g/mol. The first-order chi connectivity index (χ1) is 29.7. The summed E-state index contributed by atoms with van der Waals surface area (Å²) in [5.74, 6) is 0.373. The molecule has 0 bridgehead atoms. The maximum atomic E-state index is 14.1. The van der Waals surface area contributed by atoms with Crippen molar-refractivity contribution in [3.63, 3.8) is 0 Å². The minimum Gasteiger partial charge on any atom is -0.493 e. The van der Waals surface area contributed by atoms with Gasteiger partial charge in [0.05, 0.1) is 32.2 Å². The summed E-state index contributed by atoms with van der Waals surface area (Å²) in [6.45, 7) is 33.0. The number of ether oxygens (including phenoxy) is 2. The van der Waals surface area contributed by atoms with Crippen LogP contribution in [-0.4, -0.2) is 121 Å². The molecule has 3 unspecified atom stereocenters. The van der Waals surface area contributed by atoms with Gasteiger partial charge in [-0.3, -0.25) is 24.0 Å². The number of nitrogens with zero attached hydrogens (tertiary/aromatic N) is 3. The number of carbonyl (C=O) groups excluding carboxylic acids is 5. The van der Waals surface area contributed by atoms with Crippen molar-refractivity contribution in [1.29, 1.82) is 0 Å². The fourth-order valence-corrected chi connectivity index (χ4v) is 7.63.